The minimum atomic E-state index is -2.10. The molecule has 0 N–H and O–H groups in total. The Morgan fingerprint density at radius 2 is 2.06 bits per heavy atom. The fourth-order valence-corrected chi connectivity index (χ4v) is 1.52. The number of hydrogen-bond donors (Lipinski definition) is 0. The highest BCUT2D eigenvalue weighted by atomic mass is 31.1. The molecule has 1 aromatic rings. The zero-order chi connectivity index (χ0) is 12.4. The van der Waals surface area contributed by atoms with Crippen molar-refractivity contribution in [3.63, 3.8) is 0 Å². The van der Waals surface area contributed by atoms with Gasteiger partial charge in [-0.15, -0.1) is 0 Å². The summed E-state index contributed by atoms with van der Waals surface area (Å²) in [6.45, 7) is 5.20. The molecule has 0 aromatic carbocycles. The van der Waals surface area contributed by atoms with Gasteiger partial charge in [0.1, 0.15) is 18.6 Å². The first kappa shape index (κ1) is 15.3. The molecule has 1 heterocycles. The van der Waals surface area contributed by atoms with Crippen molar-refractivity contribution in [2.75, 3.05) is 6.16 Å². The first-order valence-electron chi connectivity index (χ1n) is 5.73. The summed E-state index contributed by atoms with van der Waals surface area (Å²) in [5.41, 5.74) is 0. The van der Waals surface area contributed by atoms with Gasteiger partial charge in [0.15, 0.2) is 0 Å². The summed E-state index contributed by atoms with van der Waals surface area (Å²) >= 11 is 0. The lowest BCUT2D eigenvalue weighted by Gasteiger charge is -1.90. The fourth-order valence-electron chi connectivity index (χ4n) is 1.16. The summed E-state index contributed by atoms with van der Waals surface area (Å²) < 4.78 is 13.9. The van der Waals surface area contributed by atoms with Crippen molar-refractivity contribution in [3.05, 3.63) is 18.7 Å². The van der Waals surface area contributed by atoms with Gasteiger partial charge < -0.3 is 4.89 Å². The van der Waals surface area contributed by atoms with Crippen molar-refractivity contribution < 1.29 is 14.0 Å². The molecule has 0 fully saturated rings. The van der Waals surface area contributed by atoms with E-state index in [0.29, 0.717) is 6.16 Å². The van der Waals surface area contributed by atoms with E-state index in [4.69, 9.17) is 0 Å². The minimum Gasteiger partial charge on any atom is -0.596 e. The Morgan fingerprint density at radius 3 is 2.38 bits per heavy atom. The maximum absolute atomic E-state index is 9.64. The Morgan fingerprint density at radius 1 is 1.38 bits per heavy atom. The van der Waals surface area contributed by atoms with Crippen LogP contribution in [-0.2, 0) is 18.2 Å². The predicted molar refractivity (Wildman–Crippen MR) is 63.3 cm³/mol. The molecule has 0 spiro atoms. The average molecular weight is 245 g/mol. The van der Waals surface area contributed by atoms with Gasteiger partial charge in [0.25, 0.3) is 0 Å². The smallest absolute Gasteiger partial charge is 0.308 e. The third-order valence-corrected chi connectivity index (χ3v) is 2.81. The van der Waals surface area contributed by atoms with Crippen LogP contribution in [0.15, 0.2) is 18.7 Å². The summed E-state index contributed by atoms with van der Waals surface area (Å²) in [6.07, 6.45) is 9.88. The molecule has 1 aromatic heterocycles. The molecule has 0 aliphatic rings. The lowest BCUT2D eigenvalue weighted by Crippen LogP contribution is -2.23. The van der Waals surface area contributed by atoms with Gasteiger partial charge in [-0.05, 0) is 12.8 Å². The Hall–Kier alpha value is -0.730. The van der Waals surface area contributed by atoms with E-state index in [1.54, 1.807) is 0 Å². The molecule has 1 unspecified atom stereocenters. The molecule has 16 heavy (non-hydrogen) atoms. The summed E-state index contributed by atoms with van der Waals surface area (Å²) in [5, 5.41) is 0. The van der Waals surface area contributed by atoms with Crippen molar-refractivity contribution in [1.82, 2.24) is 4.57 Å². The van der Waals surface area contributed by atoms with Gasteiger partial charge in [-0.25, -0.2) is 9.13 Å². The molecule has 1 atom stereocenters. The van der Waals surface area contributed by atoms with Crippen LogP contribution in [0.3, 0.4) is 0 Å². The van der Waals surface area contributed by atoms with E-state index in [2.05, 4.69) is 34.8 Å². The van der Waals surface area contributed by atoms with Gasteiger partial charge in [0.05, 0.1) is 13.6 Å². The normalized spacial score (nSPS) is 10.6. The van der Waals surface area contributed by atoms with Crippen LogP contribution in [0.25, 0.3) is 0 Å². The SMILES string of the molecule is CCCCn1cc[n+](C)c1.CCC[P+](=O)[O-]. The second-order valence-corrected chi connectivity index (χ2v) is 4.84. The molecule has 0 amide bonds. The molecule has 0 saturated heterocycles. The van der Waals surface area contributed by atoms with Crippen LogP contribution >= 0.6 is 8.03 Å². The van der Waals surface area contributed by atoms with E-state index in [1.165, 1.54) is 12.8 Å². The molecule has 0 aliphatic carbocycles. The van der Waals surface area contributed by atoms with Crippen LogP contribution in [0.1, 0.15) is 33.1 Å². The van der Waals surface area contributed by atoms with Gasteiger partial charge in [0, 0.05) is 0 Å². The predicted octanol–water partition coefficient (Wildman–Crippen LogP) is 1.61. The molecular formula is C11H22N2O2P+. The quantitative estimate of drug-likeness (QED) is 0.584. The van der Waals surface area contributed by atoms with Crippen LogP contribution in [0.4, 0.5) is 0 Å². The van der Waals surface area contributed by atoms with Crippen molar-refractivity contribution in [3.8, 4) is 0 Å². The first-order valence-corrected chi connectivity index (χ1v) is 7.09. The number of hydrogen-bond acceptors (Lipinski definition) is 2. The van der Waals surface area contributed by atoms with Crippen LogP contribution < -0.4 is 9.46 Å². The van der Waals surface area contributed by atoms with Crippen LogP contribution in [0.2, 0.25) is 0 Å². The molecule has 4 nitrogen and oxygen atoms in total. The van der Waals surface area contributed by atoms with Gasteiger partial charge >= 0.3 is 8.03 Å². The maximum atomic E-state index is 9.64. The molecule has 0 bridgehead atoms. The van der Waals surface area contributed by atoms with Crippen molar-refractivity contribution in [1.29, 1.82) is 0 Å². The van der Waals surface area contributed by atoms with Crippen molar-refractivity contribution in [2.24, 2.45) is 7.05 Å². The average Bonchev–Trinajstić information content (AvgIpc) is 2.62. The molecular weight excluding hydrogens is 223 g/mol. The summed E-state index contributed by atoms with van der Waals surface area (Å²) in [7, 11) is -0.0565. The van der Waals surface area contributed by atoms with E-state index < -0.39 is 8.03 Å². The topological polar surface area (TPSA) is 48.9 Å². The Kier molecular flexibility index (Phi) is 9.06. The van der Waals surface area contributed by atoms with E-state index in [1.807, 2.05) is 14.0 Å². The van der Waals surface area contributed by atoms with E-state index in [-0.39, 0.29) is 0 Å². The number of aryl methyl sites for hydroxylation is 2. The van der Waals surface area contributed by atoms with Gasteiger partial charge in [-0.1, -0.05) is 24.8 Å². The fraction of sp³-hybridized carbons (Fsp3) is 0.727. The lowest BCUT2D eigenvalue weighted by molar-refractivity contribution is -0.671. The highest BCUT2D eigenvalue weighted by Gasteiger charge is 1.96. The zero-order valence-corrected chi connectivity index (χ0v) is 11.3. The second kappa shape index (κ2) is 9.49. The molecule has 1 rings (SSSR count). The monoisotopic (exact) mass is 245 g/mol. The first-order chi connectivity index (χ1) is 7.60. The summed E-state index contributed by atoms with van der Waals surface area (Å²) in [4.78, 5) is 9.64. The maximum Gasteiger partial charge on any atom is 0.308 e. The molecule has 0 aliphatic heterocycles. The van der Waals surface area contributed by atoms with Gasteiger partial charge in [-0.3, -0.25) is 0 Å². The standard InChI is InChI=1S/C8H15N2.C3H7O2P/c1-3-4-5-10-7-6-9(2)8-10;1-2-3-6(4)5/h6-8H,3-5H2,1-2H3;2-3H2,1H3/q+1;. The third-order valence-electron chi connectivity index (χ3n) is 2.00. The lowest BCUT2D eigenvalue weighted by atomic mass is 10.3. The Labute approximate surface area is 98.8 Å². The highest BCUT2D eigenvalue weighted by molar-refractivity contribution is 7.36. The largest absolute Gasteiger partial charge is 0.596 e. The number of rotatable bonds is 5. The second-order valence-electron chi connectivity index (χ2n) is 3.73. The highest BCUT2D eigenvalue weighted by Crippen LogP contribution is 2.05. The van der Waals surface area contributed by atoms with Crippen molar-refractivity contribution >= 4 is 8.03 Å². The number of aromatic nitrogens is 2. The van der Waals surface area contributed by atoms with E-state index in [9.17, 15) is 9.46 Å². The van der Waals surface area contributed by atoms with Crippen LogP contribution in [0, 0.1) is 0 Å². The summed E-state index contributed by atoms with van der Waals surface area (Å²) in [5.74, 6) is 0. The Bertz CT molecular complexity index is 300. The van der Waals surface area contributed by atoms with Crippen LogP contribution in [-0.4, -0.2) is 10.7 Å². The third kappa shape index (κ3) is 8.57. The number of nitrogens with zero attached hydrogens (tertiary/aromatic N) is 2. The molecule has 0 radical (unpaired) electrons. The van der Waals surface area contributed by atoms with E-state index >= 15 is 0 Å². The van der Waals surface area contributed by atoms with E-state index in [0.717, 1.165) is 13.0 Å². The van der Waals surface area contributed by atoms with Crippen molar-refractivity contribution in [2.45, 2.75) is 39.7 Å². The zero-order valence-electron chi connectivity index (χ0n) is 10.4. The molecule has 92 valence electrons. The molecule has 5 heteroatoms. The van der Waals surface area contributed by atoms with Gasteiger partial charge in [-0.2, -0.15) is 0 Å². The summed E-state index contributed by atoms with van der Waals surface area (Å²) in [6, 6.07) is 0. The Balaban J connectivity index is 0.000000325. The molecule has 0 saturated carbocycles. The van der Waals surface area contributed by atoms with Crippen LogP contribution in [0.5, 0.6) is 0 Å². The number of imidazole rings is 1. The minimum absolute atomic E-state index is 0.329. The van der Waals surface area contributed by atoms with Gasteiger partial charge in [0.2, 0.25) is 6.33 Å². The number of unbranched alkanes of at least 4 members (excludes halogenated alkanes) is 1.